The van der Waals surface area contributed by atoms with Crippen LogP contribution in [0.25, 0.3) is 0 Å². The Kier molecular flexibility index (Phi) is 8.28. The summed E-state index contributed by atoms with van der Waals surface area (Å²) >= 11 is 0. The fourth-order valence-corrected chi connectivity index (χ4v) is 5.47. The fraction of sp³-hybridized carbons (Fsp3) is 0.500. The maximum absolute atomic E-state index is 13.9. The Morgan fingerprint density at radius 2 is 1.71 bits per heavy atom. The molecule has 0 saturated heterocycles. The van der Waals surface area contributed by atoms with Gasteiger partial charge >= 0.3 is 17.8 Å². The number of hydrogen-bond donors (Lipinski definition) is 3. The van der Waals surface area contributed by atoms with Crippen LogP contribution in [0.15, 0.2) is 23.0 Å². The number of urea groups is 1. The van der Waals surface area contributed by atoms with Gasteiger partial charge in [-0.1, -0.05) is 12.1 Å². The summed E-state index contributed by atoms with van der Waals surface area (Å²) in [6, 6.07) is 4.08. The number of nitrogens with zero attached hydrogens (tertiary/aromatic N) is 4. The van der Waals surface area contributed by atoms with E-state index in [1.807, 2.05) is 0 Å². The topological polar surface area (TPSA) is 155 Å². The number of likely N-dealkylation sites (N-methyl/N-ethyl adjacent to an activating group) is 1. The first-order valence-electron chi connectivity index (χ1n) is 13.5. The number of aromatic nitrogens is 2. The average Bonchev–Trinajstić information content (AvgIpc) is 3.16. The number of carbonyl (C=O) groups excluding carboxylic acids is 4. The van der Waals surface area contributed by atoms with Crippen molar-refractivity contribution >= 4 is 23.8 Å². The van der Waals surface area contributed by atoms with Gasteiger partial charge in [0, 0.05) is 34.7 Å². The van der Waals surface area contributed by atoms with Gasteiger partial charge in [0.05, 0.1) is 24.7 Å². The van der Waals surface area contributed by atoms with Crippen LogP contribution in [-0.2, 0) is 28.2 Å². The maximum atomic E-state index is 13.9. The predicted octanol–water partition coefficient (Wildman–Crippen LogP) is 0.627. The highest BCUT2D eigenvalue weighted by molar-refractivity contribution is 6.35. The quantitative estimate of drug-likeness (QED) is 0.420. The van der Waals surface area contributed by atoms with Crippen LogP contribution < -0.4 is 26.2 Å². The van der Waals surface area contributed by atoms with Crippen molar-refractivity contribution in [2.24, 2.45) is 0 Å². The Morgan fingerprint density at radius 1 is 1.05 bits per heavy atom. The molecular formula is C28H36FN7O6. The molecule has 13 nitrogen and oxygen atoms in total. The highest BCUT2D eigenvalue weighted by Gasteiger charge is 2.52. The molecule has 1 aliphatic carbocycles. The number of nitrogens with one attached hydrogen (secondary N) is 3. The molecule has 42 heavy (non-hydrogen) atoms. The van der Waals surface area contributed by atoms with Crippen LogP contribution in [0.4, 0.5) is 9.18 Å². The van der Waals surface area contributed by atoms with Crippen LogP contribution in [0.1, 0.15) is 53.1 Å². The van der Waals surface area contributed by atoms with E-state index in [1.165, 1.54) is 42.8 Å². The Morgan fingerprint density at radius 3 is 2.29 bits per heavy atom. The molecule has 5 amide bonds. The van der Waals surface area contributed by atoms with Crippen LogP contribution in [0, 0.1) is 12.7 Å². The first kappa shape index (κ1) is 30.5. The number of halogens is 1. The summed E-state index contributed by atoms with van der Waals surface area (Å²) in [5.74, 6) is -2.99. The van der Waals surface area contributed by atoms with E-state index in [0.717, 1.165) is 4.90 Å². The monoisotopic (exact) mass is 585 g/mol. The summed E-state index contributed by atoms with van der Waals surface area (Å²) < 4.78 is 20.4. The lowest BCUT2D eigenvalue weighted by molar-refractivity contribution is -0.145. The fourth-order valence-electron chi connectivity index (χ4n) is 5.47. The Hall–Kier alpha value is -4.49. The molecular weight excluding hydrogens is 549 g/mol. The lowest BCUT2D eigenvalue weighted by Gasteiger charge is -2.42. The van der Waals surface area contributed by atoms with Crippen molar-refractivity contribution in [3.05, 3.63) is 57.0 Å². The number of amides is 5. The molecule has 14 heteroatoms. The zero-order valence-electron chi connectivity index (χ0n) is 24.6. The van der Waals surface area contributed by atoms with Gasteiger partial charge in [-0.2, -0.15) is 0 Å². The van der Waals surface area contributed by atoms with Crippen LogP contribution in [0.2, 0.25) is 0 Å². The number of aryl methyl sites for hydroxylation is 1. The van der Waals surface area contributed by atoms with E-state index < -0.39 is 34.4 Å². The van der Waals surface area contributed by atoms with Gasteiger partial charge in [-0.3, -0.25) is 23.7 Å². The lowest BCUT2D eigenvalue weighted by atomic mass is 9.73. The number of rotatable bonds is 6. The third-order valence-electron chi connectivity index (χ3n) is 7.90. The van der Waals surface area contributed by atoms with E-state index in [1.54, 1.807) is 27.1 Å². The second kappa shape index (κ2) is 11.4. The molecule has 1 aromatic heterocycles. The van der Waals surface area contributed by atoms with Crippen LogP contribution in [0.3, 0.4) is 0 Å². The minimum atomic E-state index is -1.28. The van der Waals surface area contributed by atoms with E-state index in [4.69, 9.17) is 4.74 Å². The Balaban J connectivity index is 1.80. The number of fused-ring (bicyclic) bond motifs is 2. The Labute approximate surface area is 242 Å². The van der Waals surface area contributed by atoms with Gasteiger partial charge in [-0.05, 0) is 49.8 Å². The summed E-state index contributed by atoms with van der Waals surface area (Å²) in [4.78, 5) is 72.7. The van der Waals surface area contributed by atoms with Crippen molar-refractivity contribution in [3.63, 3.8) is 0 Å². The van der Waals surface area contributed by atoms with Crippen molar-refractivity contribution in [1.29, 1.82) is 0 Å². The van der Waals surface area contributed by atoms with Gasteiger partial charge in [0.15, 0.2) is 5.69 Å². The second-order valence-electron chi connectivity index (χ2n) is 11.3. The Bertz CT molecular complexity index is 1490. The van der Waals surface area contributed by atoms with Crippen LogP contribution >= 0.6 is 0 Å². The first-order chi connectivity index (χ1) is 19.7. The molecule has 3 N–H and O–H groups in total. The number of methoxy groups -OCH3 is 1. The van der Waals surface area contributed by atoms with Crippen LogP contribution in [-0.4, -0.2) is 83.9 Å². The molecule has 3 aliphatic rings. The first-order valence-corrected chi connectivity index (χ1v) is 13.5. The molecule has 226 valence electrons. The van der Waals surface area contributed by atoms with E-state index >= 15 is 0 Å². The highest BCUT2D eigenvalue weighted by Crippen LogP contribution is 2.45. The summed E-state index contributed by atoms with van der Waals surface area (Å²) in [5.41, 5.74) is -2.05. The maximum Gasteiger partial charge on any atom is 0.317 e. The van der Waals surface area contributed by atoms with E-state index in [2.05, 4.69) is 20.9 Å². The smallest absolute Gasteiger partial charge is 0.317 e. The van der Waals surface area contributed by atoms with Gasteiger partial charge in [-0.25, -0.2) is 14.2 Å². The molecule has 0 atom stereocenters. The molecule has 2 aromatic rings. The molecule has 0 radical (unpaired) electrons. The largest absolute Gasteiger partial charge is 0.489 e. The van der Waals surface area contributed by atoms with Gasteiger partial charge in [0.25, 0.3) is 11.5 Å². The van der Waals surface area contributed by atoms with Gasteiger partial charge < -0.3 is 30.5 Å². The van der Waals surface area contributed by atoms with Crippen molar-refractivity contribution in [3.8, 4) is 5.75 Å². The van der Waals surface area contributed by atoms with Crippen molar-refractivity contribution in [2.75, 3.05) is 35.3 Å². The summed E-state index contributed by atoms with van der Waals surface area (Å²) in [6.45, 7) is 1.65. The number of carbonyl (C=O) groups is 4. The van der Waals surface area contributed by atoms with E-state index in [-0.39, 0.29) is 55.0 Å². The average molecular weight is 586 g/mol. The highest BCUT2D eigenvalue weighted by atomic mass is 19.1. The van der Waals surface area contributed by atoms with Gasteiger partial charge in [0.1, 0.15) is 11.6 Å². The SMILES string of the molecule is COc1c(C(=O)NCc2ccc(F)c(C)c2)nc2n(c1=O)CC1(NC(=O)N(C)C)CCC2(NC(=O)C(=O)N(C)C)CC1. The number of benzene rings is 1. The standard InChI is InChI=1S/C28H36FN7O6/c1-16-13-17(7-8-18(16)29)14-30-21(37)19-20(42-6)23(39)36-15-27(33-26(41)35(4)5)9-11-28(12-10-27,25(36)31-19)32-22(38)24(40)34(2)3/h7-8,13H,9-12,14-15H2,1-6H3,(H,30,37)(H,32,38)(H,33,41). The molecule has 1 fully saturated rings. The van der Waals surface area contributed by atoms with Crippen LogP contribution in [0.5, 0.6) is 5.75 Å². The third-order valence-corrected chi connectivity index (χ3v) is 7.90. The molecule has 5 rings (SSSR count). The minimum Gasteiger partial charge on any atom is -0.489 e. The van der Waals surface area contributed by atoms with Crippen molar-refractivity contribution in [1.82, 2.24) is 35.3 Å². The number of ether oxygens (including phenoxy) is 1. The molecule has 3 heterocycles. The summed E-state index contributed by atoms with van der Waals surface area (Å²) in [7, 11) is 7.34. The summed E-state index contributed by atoms with van der Waals surface area (Å²) in [6.07, 6.45) is 1.20. The molecule has 2 bridgehead atoms. The molecule has 0 spiro atoms. The predicted molar refractivity (Wildman–Crippen MR) is 149 cm³/mol. The summed E-state index contributed by atoms with van der Waals surface area (Å²) in [5, 5.41) is 8.53. The van der Waals surface area contributed by atoms with Gasteiger partial charge in [0.2, 0.25) is 5.75 Å². The molecule has 0 unspecified atom stereocenters. The molecule has 1 saturated carbocycles. The van der Waals surface area contributed by atoms with Crippen molar-refractivity contribution in [2.45, 2.75) is 56.8 Å². The van der Waals surface area contributed by atoms with Gasteiger partial charge in [-0.15, -0.1) is 0 Å². The number of hydrogen-bond acceptors (Lipinski definition) is 7. The molecule has 2 aliphatic heterocycles. The van der Waals surface area contributed by atoms with E-state index in [0.29, 0.717) is 24.0 Å². The second-order valence-corrected chi connectivity index (χ2v) is 11.3. The van der Waals surface area contributed by atoms with E-state index in [9.17, 15) is 28.4 Å². The minimum absolute atomic E-state index is 0.0140. The lowest BCUT2D eigenvalue weighted by Crippen LogP contribution is -2.58. The molecule has 1 aromatic carbocycles. The normalized spacial score (nSPS) is 20.5. The van der Waals surface area contributed by atoms with Crippen molar-refractivity contribution < 1.29 is 28.3 Å². The zero-order valence-corrected chi connectivity index (χ0v) is 24.6. The third kappa shape index (κ3) is 5.65. The zero-order chi connectivity index (χ0) is 31.0.